The normalized spacial score (nSPS) is 31.4. The molecule has 1 spiro atoms. The largest absolute Gasteiger partial charge is 0.339 e. The Balaban J connectivity index is 1.31. The first-order chi connectivity index (χ1) is 18.3. The van der Waals surface area contributed by atoms with E-state index in [1.54, 1.807) is 6.07 Å². The van der Waals surface area contributed by atoms with E-state index in [1.807, 2.05) is 17.0 Å². The second kappa shape index (κ2) is 9.98. The van der Waals surface area contributed by atoms with Gasteiger partial charge in [-0.3, -0.25) is 4.79 Å². The van der Waals surface area contributed by atoms with Crippen LogP contribution >= 0.6 is 0 Å². The van der Waals surface area contributed by atoms with Crippen LogP contribution in [0.2, 0.25) is 0 Å². The summed E-state index contributed by atoms with van der Waals surface area (Å²) in [7, 11) is 0. The SMILES string of the molecule is Cc1ccc2c(c1)CNC[C@]21CNC[C@H]1C(=O)N1CC[C@@H](c2ccccc2F)C[C@H]1C1CCC(F)(F)CC1. The topological polar surface area (TPSA) is 44.4 Å². The summed E-state index contributed by atoms with van der Waals surface area (Å²) in [5.74, 6) is -2.94. The molecule has 0 bridgehead atoms. The standard InChI is InChI=1S/C31H38F3N3O/c1-20-6-7-25-23(14-20)16-35-18-30(25)19-36-17-26(30)29(38)37-13-10-22(24-4-2-3-5-27(24)32)15-28(37)21-8-11-31(33,34)12-9-21/h2-7,14,21-22,26,28,35-36H,8-13,15-19H2,1H3/t22-,26+,28+,30+/m1/s1. The Morgan fingerprint density at radius 3 is 2.58 bits per heavy atom. The highest BCUT2D eigenvalue weighted by Crippen LogP contribution is 2.46. The highest BCUT2D eigenvalue weighted by molar-refractivity contribution is 5.82. The van der Waals surface area contributed by atoms with Gasteiger partial charge in [-0.1, -0.05) is 42.0 Å². The van der Waals surface area contributed by atoms with Gasteiger partial charge in [0.25, 0.3) is 0 Å². The van der Waals surface area contributed by atoms with Crippen molar-refractivity contribution in [2.45, 2.75) is 75.3 Å². The summed E-state index contributed by atoms with van der Waals surface area (Å²) in [4.78, 5) is 16.5. The summed E-state index contributed by atoms with van der Waals surface area (Å²) in [5.41, 5.74) is 4.07. The zero-order valence-electron chi connectivity index (χ0n) is 22.1. The van der Waals surface area contributed by atoms with Crippen LogP contribution in [0.4, 0.5) is 13.2 Å². The number of hydrogen-bond acceptors (Lipinski definition) is 3. The number of rotatable bonds is 3. The van der Waals surface area contributed by atoms with Gasteiger partial charge in [0.15, 0.2) is 0 Å². The number of alkyl halides is 2. The van der Waals surface area contributed by atoms with Gasteiger partial charge in [-0.2, -0.15) is 0 Å². The van der Waals surface area contributed by atoms with Crippen LogP contribution in [0.25, 0.3) is 0 Å². The van der Waals surface area contributed by atoms with E-state index in [1.165, 1.54) is 22.8 Å². The number of hydrogen-bond donors (Lipinski definition) is 2. The van der Waals surface area contributed by atoms with Crippen molar-refractivity contribution in [3.63, 3.8) is 0 Å². The molecule has 4 nitrogen and oxygen atoms in total. The van der Waals surface area contributed by atoms with Gasteiger partial charge in [-0.25, -0.2) is 13.2 Å². The molecule has 3 fully saturated rings. The number of nitrogens with one attached hydrogen (secondary N) is 2. The Morgan fingerprint density at radius 1 is 1.03 bits per heavy atom. The van der Waals surface area contributed by atoms with Crippen LogP contribution in [-0.2, 0) is 16.8 Å². The maximum atomic E-state index is 14.8. The van der Waals surface area contributed by atoms with Crippen molar-refractivity contribution in [3.05, 3.63) is 70.5 Å². The third kappa shape index (κ3) is 4.56. The molecule has 2 N–H and O–H groups in total. The quantitative estimate of drug-likeness (QED) is 0.572. The van der Waals surface area contributed by atoms with E-state index < -0.39 is 5.92 Å². The minimum atomic E-state index is -2.63. The fourth-order valence-corrected chi connectivity index (χ4v) is 7.87. The third-order valence-electron chi connectivity index (χ3n) is 9.89. The smallest absolute Gasteiger partial charge is 0.248 e. The first-order valence-electron chi connectivity index (χ1n) is 14.2. The lowest BCUT2D eigenvalue weighted by atomic mass is 9.67. The van der Waals surface area contributed by atoms with Crippen LogP contribution in [0.1, 0.15) is 66.7 Å². The van der Waals surface area contributed by atoms with Crippen LogP contribution < -0.4 is 10.6 Å². The first kappa shape index (κ1) is 25.9. The number of benzene rings is 2. The fraction of sp³-hybridized carbons (Fsp3) is 0.581. The van der Waals surface area contributed by atoms with Gasteiger partial charge in [0.2, 0.25) is 11.8 Å². The number of likely N-dealkylation sites (tertiary alicyclic amines) is 1. The molecule has 1 amide bonds. The highest BCUT2D eigenvalue weighted by atomic mass is 19.3. The highest BCUT2D eigenvalue weighted by Gasteiger charge is 2.53. The number of aryl methyl sites for hydroxylation is 1. The van der Waals surface area contributed by atoms with Crippen molar-refractivity contribution in [1.82, 2.24) is 15.5 Å². The molecule has 4 atom stereocenters. The monoisotopic (exact) mass is 525 g/mol. The number of carbonyl (C=O) groups is 1. The lowest BCUT2D eigenvalue weighted by molar-refractivity contribution is -0.144. The van der Waals surface area contributed by atoms with E-state index in [0.29, 0.717) is 44.3 Å². The van der Waals surface area contributed by atoms with Crippen molar-refractivity contribution in [2.75, 3.05) is 26.2 Å². The molecule has 3 aliphatic heterocycles. The van der Waals surface area contributed by atoms with Gasteiger partial charge in [-0.05, 0) is 67.2 Å². The molecule has 1 saturated carbocycles. The molecule has 3 heterocycles. The number of nitrogens with zero attached hydrogens (tertiary/aromatic N) is 1. The van der Waals surface area contributed by atoms with E-state index >= 15 is 0 Å². The summed E-state index contributed by atoms with van der Waals surface area (Å²) >= 11 is 0. The summed E-state index contributed by atoms with van der Waals surface area (Å²) < 4.78 is 43.0. The second-order valence-corrected chi connectivity index (χ2v) is 12.1. The maximum Gasteiger partial charge on any atom is 0.248 e. The molecule has 7 heteroatoms. The molecule has 6 rings (SSSR count). The van der Waals surface area contributed by atoms with E-state index in [2.05, 4.69) is 35.8 Å². The second-order valence-electron chi connectivity index (χ2n) is 12.1. The minimum absolute atomic E-state index is 0.0107. The average molecular weight is 526 g/mol. The number of halogens is 3. The Morgan fingerprint density at radius 2 is 1.79 bits per heavy atom. The molecule has 0 radical (unpaired) electrons. The van der Waals surface area contributed by atoms with E-state index in [-0.39, 0.29) is 53.8 Å². The van der Waals surface area contributed by atoms with E-state index in [9.17, 15) is 18.0 Å². The summed E-state index contributed by atoms with van der Waals surface area (Å²) in [6.07, 6.45) is 1.86. The minimum Gasteiger partial charge on any atom is -0.339 e. The van der Waals surface area contributed by atoms with Crippen LogP contribution in [0.5, 0.6) is 0 Å². The van der Waals surface area contributed by atoms with Crippen LogP contribution in [0.15, 0.2) is 42.5 Å². The van der Waals surface area contributed by atoms with Crippen molar-refractivity contribution in [3.8, 4) is 0 Å². The number of piperidine rings is 1. The van der Waals surface area contributed by atoms with Crippen molar-refractivity contribution >= 4 is 5.91 Å². The molecule has 38 heavy (non-hydrogen) atoms. The lowest BCUT2D eigenvalue weighted by Crippen LogP contribution is -2.57. The van der Waals surface area contributed by atoms with Crippen LogP contribution in [0, 0.1) is 24.6 Å². The molecular weight excluding hydrogens is 487 g/mol. The number of fused-ring (bicyclic) bond motifs is 2. The zero-order valence-corrected chi connectivity index (χ0v) is 22.1. The number of amides is 1. The molecule has 4 aliphatic rings. The van der Waals surface area contributed by atoms with Gasteiger partial charge in [0.05, 0.1) is 5.92 Å². The predicted molar refractivity (Wildman–Crippen MR) is 142 cm³/mol. The predicted octanol–water partition coefficient (Wildman–Crippen LogP) is 5.29. The van der Waals surface area contributed by atoms with Gasteiger partial charge >= 0.3 is 0 Å². The maximum absolute atomic E-state index is 14.8. The molecule has 2 aromatic carbocycles. The summed E-state index contributed by atoms with van der Waals surface area (Å²) in [5, 5.41) is 7.09. The van der Waals surface area contributed by atoms with Gasteiger partial charge in [0, 0.05) is 57.0 Å². The Labute approximate surface area is 223 Å². The van der Waals surface area contributed by atoms with Gasteiger partial charge < -0.3 is 15.5 Å². The van der Waals surface area contributed by atoms with E-state index in [0.717, 1.165) is 19.6 Å². The van der Waals surface area contributed by atoms with Crippen molar-refractivity contribution in [2.24, 2.45) is 11.8 Å². The van der Waals surface area contributed by atoms with Gasteiger partial charge in [-0.15, -0.1) is 0 Å². The Bertz CT molecular complexity index is 1190. The van der Waals surface area contributed by atoms with E-state index in [4.69, 9.17) is 0 Å². The molecule has 0 aromatic heterocycles. The fourth-order valence-electron chi connectivity index (χ4n) is 7.87. The van der Waals surface area contributed by atoms with Crippen LogP contribution in [-0.4, -0.2) is 49.0 Å². The molecule has 0 unspecified atom stereocenters. The molecule has 1 aliphatic carbocycles. The van der Waals surface area contributed by atoms with Crippen LogP contribution in [0.3, 0.4) is 0 Å². The van der Waals surface area contributed by atoms with Crippen molar-refractivity contribution < 1.29 is 18.0 Å². The Kier molecular flexibility index (Phi) is 6.79. The summed E-state index contributed by atoms with van der Waals surface area (Å²) in [6.45, 7) is 5.51. The number of carbonyl (C=O) groups excluding carboxylic acids is 1. The molecule has 2 aromatic rings. The third-order valence-corrected chi connectivity index (χ3v) is 9.89. The zero-order chi connectivity index (χ0) is 26.5. The van der Waals surface area contributed by atoms with Gasteiger partial charge in [0.1, 0.15) is 5.82 Å². The van der Waals surface area contributed by atoms with Crippen molar-refractivity contribution in [1.29, 1.82) is 0 Å². The molecule has 204 valence electrons. The lowest BCUT2D eigenvalue weighted by Gasteiger charge is -2.48. The summed E-state index contributed by atoms with van der Waals surface area (Å²) in [6, 6.07) is 13.3. The molecular formula is C31H38F3N3O. The first-order valence-corrected chi connectivity index (χ1v) is 14.2. The average Bonchev–Trinajstić information content (AvgIpc) is 3.32. The Hall–Kier alpha value is -2.38. The molecule has 2 saturated heterocycles.